The Hall–Kier alpha value is -2.50. The number of aromatic nitrogens is 2. The number of alkyl halides is 3. The van der Waals surface area contributed by atoms with Crippen molar-refractivity contribution in [3.63, 3.8) is 0 Å². The van der Waals surface area contributed by atoms with Gasteiger partial charge in [0.1, 0.15) is 11.4 Å². The number of guanidine groups is 1. The molecule has 10 heteroatoms. The number of ether oxygens (including phenoxy) is 1. The highest BCUT2D eigenvalue weighted by Crippen LogP contribution is 2.22. The number of nitrogens with one attached hydrogen (secondary N) is 1. The molecule has 0 saturated heterocycles. The minimum absolute atomic E-state index is 0. The summed E-state index contributed by atoms with van der Waals surface area (Å²) in [5, 5.41) is 2.99. The highest BCUT2D eigenvalue weighted by molar-refractivity contribution is 14.0. The molecule has 0 amide bonds. The van der Waals surface area contributed by atoms with E-state index in [0.717, 1.165) is 16.9 Å². The van der Waals surface area contributed by atoms with Crippen molar-refractivity contribution in [2.75, 3.05) is 6.54 Å². The minimum atomic E-state index is -4.70. The summed E-state index contributed by atoms with van der Waals surface area (Å²) in [6.45, 7) is 0.817. The predicted octanol–water partition coefficient (Wildman–Crippen LogP) is 3.50. The van der Waals surface area contributed by atoms with E-state index in [1.807, 2.05) is 35.0 Å². The molecule has 0 unspecified atom stereocenters. The van der Waals surface area contributed by atoms with Crippen LogP contribution in [0.3, 0.4) is 0 Å². The van der Waals surface area contributed by atoms with Crippen molar-refractivity contribution >= 4 is 35.6 Å². The third kappa shape index (κ3) is 6.59. The van der Waals surface area contributed by atoms with Crippen molar-refractivity contribution < 1.29 is 17.9 Å². The number of hydrogen-bond acceptors (Lipinski definition) is 3. The third-order valence-electron chi connectivity index (χ3n) is 3.69. The lowest BCUT2D eigenvalue weighted by Gasteiger charge is -2.09. The molecule has 0 aliphatic carbocycles. The first-order valence-corrected chi connectivity index (χ1v) is 8.20. The van der Waals surface area contributed by atoms with E-state index in [9.17, 15) is 13.2 Å². The zero-order valence-corrected chi connectivity index (χ0v) is 17.0. The average molecular weight is 505 g/mol. The highest BCUT2D eigenvalue weighted by atomic mass is 127. The molecule has 3 aromatic rings. The van der Waals surface area contributed by atoms with E-state index in [-0.39, 0.29) is 42.2 Å². The Balaban J connectivity index is 0.00000280. The molecule has 0 radical (unpaired) electrons. The van der Waals surface area contributed by atoms with Gasteiger partial charge in [-0.2, -0.15) is 0 Å². The van der Waals surface area contributed by atoms with E-state index >= 15 is 0 Å². The number of hydrogen-bond donors (Lipinski definition) is 2. The molecule has 28 heavy (non-hydrogen) atoms. The molecule has 0 saturated carbocycles. The summed E-state index contributed by atoms with van der Waals surface area (Å²) in [6, 6.07) is 11.3. The van der Waals surface area contributed by atoms with Gasteiger partial charge in [-0.05, 0) is 29.8 Å². The van der Waals surface area contributed by atoms with Crippen LogP contribution in [0.15, 0.2) is 59.9 Å². The van der Waals surface area contributed by atoms with Crippen LogP contribution in [-0.4, -0.2) is 28.3 Å². The van der Waals surface area contributed by atoms with Gasteiger partial charge in [-0.25, -0.2) is 9.98 Å². The first-order chi connectivity index (χ1) is 12.9. The Morgan fingerprint density at radius 2 is 1.93 bits per heavy atom. The zero-order valence-electron chi connectivity index (χ0n) is 14.7. The molecule has 150 valence electrons. The number of halogens is 4. The summed E-state index contributed by atoms with van der Waals surface area (Å²) < 4.78 is 42.1. The number of aliphatic imine (C=N–C) groups is 1. The lowest BCUT2D eigenvalue weighted by molar-refractivity contribution is -0.274. The van der Waals surface area contributed by atoms with Gasteiger partial charge < -0.3 is 20.2 Å². The first-order valence-electron chi connectivity index (χ1n) is 8.20. The van der Waals surface area contributed by atoms with E-state index in [0.29, 0.717) is 13.0 Å². The van der Waals surface area contributed by atoms with Gasteiger partial charge in [0.15, 0.2) is 5.96 Å². The Labute approximate surface area is 176 Å². The smallest absolute Gasteiger partial charge is 0.406 e. The normalized spacial score (nSPS) is 11.9. The summed E-state index contributed by atoms with van der Waals surface area (Å²) >= 11 is 0. The van der Waals surface area contributed by atoms with E-state index in [2.05, 4.69) is 20.0 Å². The number of benzene rings is 1. The maximum absolute atomic E-state index is 12.1. The Bertz CT molecular complexity index is 892. The van der Waals surface area contributed by atoms with Crippen LogP contribution < -0.4 is 15.8 Å². The molecule has 2 aromatic heterocycles. The van der Waals surface area contributed by atoms with Crippen molar-refractivity contribution in [1.29, 1.82) is 0 Å². The van der Waals surface area contributed by atoms with Crippen LogP contribution in [0.2, 0.25) is 0 Å². The van der Waals surface area contributed by atoms with E-state index in [4.69, 9.17) is 5.73 Å². The molecule has 2 heterocycles. The Morgan fingerprint density at radius 1 is 1.18 bits per heavy atom. The summed E-state index contributed by atoms with van der Waals surface area (Å²) in [4.78, 5) is 8.65. The second-order valence-electron chi connectivity index (χ2n) is 5.77. The number of fused-ring (bicyclic) bond motifs is 1. The van der Waals surface area contributed by atoms with Gasteiger partial charge in [0, 0.05) is 25.4 Å². The average Bonchev–Trinajstić information content (AvgIpc) is 3.02. The molecule has 0 aliphatic rings. The maximum Gasteiger partial charge on any atom is 0.573 e. The largest absolute Gasteiger partial charge is 0.573 e. The van der Waals surface area contributed by atoms with Gasteiger partial charge in [0.25, 0.3) is 0 Å². The van der Waals surface area contributed by atoms with Crippen molar-refractivity contribution in [3.05, 3.63) is 66.1 Å². The van der Waals surface area contributed by atoms with E-state index in [1.165, 1.54) is 24.3 Å². The van der Waals surface area contributed by atoms with Gasteiger partial charge in [-0.3, -0.25) is 0 Å². The molecule has 0 aliphatic heterocycles. The van der Waals surface area contributed by atoms with Crippen molar-refractivity contribution in [2.45, 2.75) is 19.3 Å². The number of imidazole rings is 1. The third-order valence-corrected chi connectivity index (χ3v) is 3.69. The van der Waals surface area contributed by atoms with Gasteiger partial charge in [-0.1, -0.05) is 18.2 Å². The molecule has 0 spiro atoms. The van der Waals surface area contributed by atoms with Crippen LogP contribution >= 0.6 is 24.0 Å². The Morgan fingerprint density at radius 3 is 2.61 bits per heavy atom. The second-order valence-corrected chi connectivity index (χ2v) is 5.77. The molecule has 3 N–H and O–H groups in total. The van der Waals surface area contributed by atoms with Crippen molar-refractivity contribution in [1.82, 2.24) is 14.7 Å². The summed E-state index contributed by atoms with van der Waals surface area (Å²) in [5.41, 5.74) is 8.34. The summed E-state index contributed by atoms with van der Waals surface area (Å²) in [5.74, 6) is -0.0110. The van der Waals surface area contributed by atoms with Gasteiger partial charge >= 0.3 is 6.36 Å². The fraction of sp³-hybridized carbons (Fsp3) is 0.222. The SMILES string of the molecule is I.NC(=NCc1ccc(OC(F)(F)F)cc1)NCCc1cn2ccccc2n1. The number of pyridine rings is 1. The van der Waals surface area contributed by atoms with Crippen LogP contribution in [0.5, 0.6) is 5.75 Å². The lowest BCUT2D eigenvalue weighted by atomic mass is 10.2. The van der Waals surface area contributed by atoms with Gasteiger partial charge in [-0.15, -0.1) is 37.1 Å². The molecule has 0 bridgehead atoms. The zero-order chi connectivity index (χ0) is 19.3. The molecular formula is C18H19F3IN5O. The highest BCUT2D eigenvalue weighted by Gasteiger charge is 2.30. The quantitative estimate of drug-likeness (QED) is 0.306. The van der Waals surface area contributed by atoms with Crippen LogP contribution in [0.25, 0.3) is 5.65 Å². The number of nitrogens with zero attached hydrogens (tertiary/aromatic N) is 3. The Kier molecular flexibility index (Phi) is 7.49. The van der Waals surface area contributed by atoms with Crippen molar-refractivity contribution in [2.24, 2.45) is 10.7 Å². The molecule has 6 nitrogen and oxygen atoms in total. The van der Waals surface area contributed by atoms with Crippen molar-refractivity contribution in [3.8, 4) is 5.75 Å². The number of rotatable bonds is 6. The number of nitrogens with two attached hydrogens (primary N) is 1. The minimum Gasteiger partial charge on any atom is -0.406 e. The van der Waals surface area contributed by atoms with Crippen LogP contribution in [0.1, 0.15) is 11.3 Å². The van der Waals surface area contributed by atoms with E-state index in [1.54, 1.807) is 0 Å². The summed E-state index contributed by atoms with van der Waals surface area (Å²) in [6.07, 6.45) is -0.134. The van der Waals surface area contributed by atoms with Gasteiger partial charge in [0.2, 0.25) is 0 Å². The molecular weight excluding hydrogens is 486 g/mol. The standard InChI is InChI=1S/C18H18F3N5O.HI/c19-18(20,21)27-15-6-4-13(5-7-15)11-24-17(22)23-9-8-14-12-26-10-2-1-3-16(26)25-14;/h1-7,10,12H,8-9,11H2,(H3,22,23,24);1H. The summed E-state index contributed by atoms with van der Waals surface area (Å²) in [7, 11) is 0. The maximum atomic E-state index is 12.1. The first kappa shape index (κ1) is 21.8. The van der Waals surface area contributed by atoms with E-state index < -0.39 is 6.36 Å². The van der Waals surface area contributed by atoms with Gasteiger partial charge in [0.05, 0.1) is 12.2 Å². The monoisotopic (exact) mass is 505 g/mol. The molecule has 3 rings (SSSR count). The molecule has 1 aromatic carbocycles. The van der Waals surface area contributed by atoms with Crippen LogP contribution in [0.4, 0.5) is 13.2 Å². The van der Waals surface area contributed by atoms with Crippen LogP contribution in [-0.2, 0) is 13.0 Å². The topological polar surface area (TPSA) is 76.9 Å². The lowest BCUT2D eigenvalue weighted by Crippen LogP contribution is -2.33. The second kappa shape index (κ2) is 9.62. The van der Waals surface area contributed by atoms with Crippen LogP contribution in [0, 0.1) is 0 Å². The molecule has 0 fully saturated rings. The predicted molar refractivity (Wildman–Crippen MR) is 111 cm³/mol. The fourth-order valence-electron chi connectivity index (χ4n) is 2.46. The molecule has 0 atom stereocenters. The fourth-order valence-corrected chi connectivity index (χ4v) is 2.46.